The molecule has 10 nitrogen and oxygen atoms in total. The molecule has 2 fully saturated rings. The van der Waals surface area contributed by atoms with Crippen LogP contribution >= 0.6 is 0 Å². The normalized spacial score (nSPS) is 20.1. The molecule has 1 saturated carbocycles. The minimum Gasteiger partial charge on any atom is -0.496 e. The van der Waals surface area contributed by atoms with E-state index in [-0.39, 0.29) is 47.6 Å². The molecule has 2 aliphatic rings. The van der Waals surface area contributed by atoms with Crippen LogP contribution in [0.25, 0.3) is 11.3 Å². The summed E-state index contributed by atoms with van der Waals surface area (Å²) in [6.07, 6.45) is -0.244. The van der Waals surface area contributed by atoms with E-state index in [1.807, 2.05) is 0 Å². The van der Waals surface area contributed by atoms with Crippen LogP contribution < -0.4 is 21.5 Å². The maximum atomic E-state index is 13.6. The molecule has 0 unspecified atom stereocenters. The lowest BCUT2D eigenvalue weighted by molar-refractivity contribution is -0.132. The van der Waals surface area contributed by atoms with E-state index in [1.165, 1.54) is 23.9 Å². The number of primary amides is 1. The van der Waals surface area contributed by atoms with Crippen molar-refractivity contribution in [2.45, 2.75) is 31.6 Å². The summed E-state index contributed by atoms with van der Waals surface area (Å²) in [5.41, 5.74) is 13.7. The summed E-state index contributed by atoms with van der Waals surface area (Å²) in [6.45, 7) is 0.931. The van der Waals surface area contributed by atoms with Gasteiger partial charge in [-0.05, 0) is 36.6 Å². The highest BCUT2D eigenvalue weighted by molar-refractivity contribution is 6.03. The number of benzene rings is 2. The van der Waals surface area contributed by atoms with Gasteiger partial charge in [-0.1, -0.05) is 24.3 Å². The van der Waals surface area contributed by atoms with Gasteiger partial charge in [0.15, 0.2) is 0 Å². The van der Waals surface area contributed by atoms with E-state index in [4.69, 9.17) is 16.2 Å². The molecule has 1 aliphatic heterocycles. The summed E-state index contributed by atoms with van der Waals surface area (Å²) in [5.74, 6) is -2.19. The maximum Gasteiger partial charge on any atom is 0.255 e. The average Bonchev–Trinajstić information content (AvgIpc) is 3.30. The van der Waals surface area contributed by atoms with Crippen LogP contribution in [-0.4, -0.2) is 58.8 Å². The number of aromatic nitrogens is 2. The van der Waals surface area contributed by atoms with Gasteiger partial charge in [0, 0.05) is 25.2 Å². The van der Waals surface area contributed by atoms with Gasteiger partial charge in [-0.2, -0.15) is 5.10 Å². The van der Waals surface area contributed by atoms with Crippen molar-refractivity contribution in [2.24, 2.45) is 11.7 Å². The maximum absolute atomic E-state index is 13.6. The van der Waals surface area contributed by atoms with Gasteiger partial charge in [-0.25, -0.2) is 13.5 Å². The molecule has 3 amide bonds. The van der Waals surface area contributed by atoms with E-state index in [9.17, 15) is 23.2 Å². The number of methoxy groups -OCH3 is 1. The van der Waals surface area contributed by atoms with Crippen LogP contribution in [0, 0.1) is 11.7 Å². The van der Waals surface area contributed by atoms with Crippen molar-refractivity contribution in [1.82, 2.24) is 20.0 Å². The quantitative estimate of drug-likeness (QED) is 0.402. The molecule has 0 bridgehead atoms. The van der Waals surface area contributed by atoms with E-state index >= 15 is 0 Å². The number of hydrogen-bond donors (Lipinski definition) is 3. The molecule has 2 aromatic carbocycles. The monoisotopic (exact) mass is 538 g/mol. The molecule has 3 aromatic rings. The van der Waals surface area contributed by atoms with Crippen LogP contribution in [0.2, 0.25) is 0 Å². The third-order valence-corrected chi connectivity index (χ3v) is 7.13. The Kier molecular flexibility index (Phi) is 6.94. The van der Waals surface area contributed by atoms with Crippen LogP contribution in [0.3, 0.4) is 0 Å². The Balaban J connectivity index is 1.31. The topological polar surface area (TPSA) is 146 Å². The third-order valence-electron chi connectivity index (χ3n) is 7.13. The smallest absolute Gasteiger partial charge is 0.255 e. The summed E-state index contributed by atoms with van der Waals surface area (Å²) in [6, 6.07) is 10.4. The van der Waals surface area contributed by atoms with Crippen molar-refractivity contribution in [3.05, 3.63) is 65.0 Å². The molecule has 1 saturated heterocycles. The summed E-state index contributed by atoms with van der Waals surface area (Å²) in [4.78, 5) is 38.9. The van der Waals surface area contributed by atoms with Gasteiger partial charge in [0.1, 0.15) is 34.8 Å². The average molecular weight is 539 g/mol. The predicted molar refractivity (Wildman–Crippen MR) is 138 cm³/mol. The van der Waals surface area contributed by atoms with Crippen LogP contribution in [0.5, 0.6) is 5.75 Å². The number of carbonyl (C=O) groups is 3. The number of carbonyl (C=O) groups excluding carboxylic acids is 3. The number of nitrogens with zero attached hydrogens (tertiary/aromatic N) is 3. The van der Waals surface area contributed by atoms with Crippen molar-refractivity contribution in [1.29, 1.82) is 0 Å². The zero-order valence-corrected chi connectivity index (χ0v) is 21.2. The van der Waals surface area contributed by atoms with Gasteiger partial charge in [-0.15, -0.1) is 0 Å². The molecule has 1 aliphatic carbocycles. The molecule has 0 radical (unpaired) electrons. The minimum absolute atomic E-state index is 0.0741. The van der Waals surface area contributed by atoms with Crippen LogP contribution in [0.15, 0.2) is 42.5 Å². The van der Waals surface area contributed by atoms with E-state index in [0.717, 1.165) is 11.6 Å². The molecule has 204 valence electrons. The SMILES string of the molecule is COc1ccc(F)cc1C(=O)NCc1ccc(-c2nn([C@@H]3CCN(C(=O)[C@H]4C[C@H]4F)C3)c(N)c2C(N)=O)cc1. The first-order chi connectivity index (χ1) is 18.7. The summed E-state index contributed by atoms with van der Waals surface area (Å²) in [5, 5.41) is 7.31. The van der Waals surface area contributed by atoms with Crippen LogP contribution in [0.4, 0.5) is 14.6 Å². The fourth-order valence-corrected chi connectivity index (χ4v) is 4.88. The van der Waals surface area contributed by atoms with Gasteiger partial charge >= 0.3 is 0 Å². The standard InChI is InChI=1S/C27H28F2N6O4/c1-39-21-7-6-16(28)10-19(21)26(37)32-12-14-2-4-15(5-3-14)23-22(25(31)36)24(30)35(33-23)17-8-9-34(13-17)27(38)18-11-20(18)29/h2-7,10,17-18,20H,8-9,11-13,30H2,1H3,(H2,31,36)(H,32,37)/t17-,18+,20-/m1/s1. The number of nitrogens with one attached hydrogen (secondary N) is 1. The number of nitrogens with two attached hydrogens (primary N) is 2. The predicted octanol–water partition coefficient (Wildman–Crippen LogP) is 2.44. The Morgan fingerprint density at radius 2 is 1.90 bits per heavy atom. The largest absolute Gasteiger partial charge is 0.496 e. The second-order valence-electron chi connectivity index (χ2n) is 9.73. The zero-order chi connectivity index (χ0) is 27.8. The lowest BCUT2D eigenvalue weighted by Gasteiger charge is -2.17. The Morgan fingerprint density at radius 1 is 1.18 bits per heavy atom. The molecule has 5 N–H and O–H groups in total. The second-order valence-corrected chi connectivity index (χ2v) is 9.73. The van der Waals surface area contributed by atoms with Gasteiger partial charge in [0.05, 0.1) is 24.6 Å². The summed E-state index contributed by atoms with van der Waals surface area (Å²) >= 11 is 0. The number of amides is 3. The zero-order valence-electron chi connectivity index (χ0n) is 21.2. The third kappa shape index (κ3) is 5.14. The number of rotatable bonds is 8. The molecular weight excluding hydrogens is 510 g/mol. The highest BCUT2D eigenvalue weighted by Crippen LogP contribution is 2.38. The summed E-state index contributed by atoms with van der Waals surface area (Å²) < 4.78 is 33.6. The number of alkyl halides is 1. The fraction of sp³-hybridized carbons (Fsp3) is 0.333. The Morgan fingerprint density at radius 3 is 2.54 bits per heavy atom. The molecule has 39 heavy (non-hydrogen) atoms. The van der Waals surface area contributed by atoms with Crippen molar-refractivity contribution in [3.63, 3.8) is 0 Å². The highest BCUT2D eigenvalue weighted by atomic mass is 19.1. The van der Waals surface area contributed by atoms with E-state index in [2.05, 4.69) is 10.4 Å². The lowest BCUT2D eigenvalue weighted by atomic mass is 10.0. The van der Waals surface area contributed by atoms with Crippen LogP contribution in [0.1, 0.15) is 45.2 Å². The van der Waals surface area contributed by atoms with Crippen molar-refractivity contribution >= 4 is 23.5 Å². The number of halogens is 2. The first kappa shape index (κ1) is 26.1. The number of likely N-dealkylation sites (tertiary alicyclic amines) is 1. The van der Waals surface area contributed by atoms with E-state index < -0.39 is 29.7 Å². The van der Waals surface area contributed by atoms with Gasteiger partial charge in [0.25, 0.3) is 11.8 Å². The Bertz CT molecular complexity index is 1440. The summed E-state index contributed by atoms with van der Waals surface area (Å²) in [7, 11) is 1.40. The number of hydrogen-bond acceptors (Lipinski definition) is 6. The first-order valence-corrected chi connectivity index (χ1v) is 12.5. The molecule has 1 aromatic heterocycles. The molecule has 12 heteroatoms. The van der Waals surface area contributed by atoms with Crippen molar-refractivity contribution in [3.8, 4) is 17.0 Å². The Labute approximate surface area is 222 Å². The molecule has 5 rings (SSSR count). The fourth-order valence-electron chi connectivity index (χ4n) is 4.88. The molecular formula is C27H28F2N6O4. The molecule has 0 spiro atoms. The Hall–Kier alpha value is -4.48. The van der Waals surface area contributed by atoms with Crippen molar-refractivity contribution in [2.75, 3.05) is 25.9 Å². The second kappa shape index (κ2) is 10.4. The molecule has 3 atom stereocenters. The minimum atomic E-state index is -1.07. The number of ether oxygens (including phenoxy) is 1. The van der Waals surface area contributed by atoms with Crippen molar-refractivity contribution < 1.29 is 27.9 Å². The van der Waals surface area contributed by atoms with Gasteiger partial charge in [0.2, 0.25) is 5.91 Å². The first-order valence-electron chi connectivity index (χ1n) is 12.5. The van der Waals surface area contributed by atoms with E-state index in [0.29, 0.717) is 30.8 Å². The van der Waals surface area contributed by atoms with Gasteiger partial charge < -0.3 is 26.4 Å². The molecule has 2 heterocycles. The van der Waals surface area contributed by atoms with Crippen LogP contribution in [-0.2, 0) is 11.3 Å². The highest BCUT2D eigenvalue weighted by Gasteiger charge is 2.47. The lowest BCUT2D eigenvalue weighted by Crippen LogP contribution is -2.31. The van der Waals surface area contributed by atoms with E-state index in [1.54, 1.807) is 29.2 Å². The number of anilines is 1. The number of nitrogen functional groups attached to an aromatic ring is 1. The van der Waals surface area contributed by atoms with Gasteiger partial charge in [-0.3, -0.25) is 14.4 Å².